The zero-order valence-electron chi connectivity index (χ0n) is 17.0. The Morgan fingerprint density at radius 1 is 1.04 bits per heavy atom. The van der Waals surface area contributed by atoms with Crippen LogP contribution in [0, 0.1) is 0 Å². The van der Waals surface area contributed by atoms with Crippen LogP contribution in [0.4, 0.5) is 5.69 Å². The summed E-state index contributed by atoms with van der Waals surface area (Å²) in [5, 5.41) is 41.7. The van der Waals surface area contributed by atoms with Crippen LogP contribution in [0.15, 0.2) is 18.2 Å². The lowest BCUT2D eigenvalue weighted by Crippen LogP contribution is -2.60. The van der Waals surface area contributed by atoms with E-state index in [1.165, 1.54) is 0 Å². The van der Waals surface area contributed by atoms with E-state index in [1.807, 2.05) is 33.8 Å². The number of benzene rings is 1. The summed E-state index contributed by atoms with van der Waals surface area (Å²) in [6.07, 6.45) is -6.56. The lowest BCUT2D eigenvalue weighted by molar-refractivity contribution is -0.277. The summed E-state index contributed by atoms with van der Waals surface area (Å²) in [5.74, 6) is 0.400. The first-order valence-corrected chi connectivity index (χ1v) is 9.28. The molecule has 5 unspecified atom stereocenters. The first-order chi connectivity index (χ1) is 13.0. The molecule has 0 amide bonds. The molecule has 5 atom stereocenters. The third-order valence-corrected chi connectivity index (χ3v) is 3.72. The molecular weight excluding hydrogens is 354 g/mol. The van der Waals surface area contributed by atoms with Crippen LogP contribution in [0.25, 0.3) is 0 Å². The fraction of sp³-hybridized carbons (Fsp3) is 0.684. The van der Waals surface area contributed by atoms with Crippen LogP contribution in [-0.4, -0.2) is 71.9 Å². The second-order valence-corrected chi connectivity index (χ2v) is 5.33. The van der Waals surface area contributed by atoms with Crippen LogP contribution in [0.1, 0.15) is 33.3 Å². The average Bonchev–Trinajstić information content (AvgIpc) is 2.72. The largest absolute Gasteiger partial charge is 0.460 e. The minimum absolute atomic E-state index is 0.400. The Kier molecular flexibility index (Phi) is 13.0. The van der Waals surface area contributed by atoms with E-state index >= 15 is 0 Å². The summed E-state index contributed by atoms with van der Waals surface area (Å²) < 4.78 is 16.0. The van der Waals surface area contributed by atoms with Gasteiger partial charge in [0.25, 0.3) is 0 Å². The Morgan fingerprint density at radius 2 is 1.67 bits per heavy atom. The van der Waals surface area contributed by atoms with Gasteiger partial charge in [-0.25, -0.2) is 0 Å². The first-order valence-electron chi connectivity index (χ1n) is 9.28. The van der Waals surface area contributed by atoms with Crippen molar-refractivity contribution in [2.75, 3.05) is 26.1 Å². The fourth-order valence-electron chi connectivity index (χ4n) is 2.42. The predicted octanol–water partition coefficient (Wildman–Crippen LogP) is 1.11. The Morgan fingerprint density at radius 3 is 2.19 bits per heavy atom. The highest BCUT2D eigenvalue weighted by molar-refractivity contribution is 5.57. The number of rotatable bonds is 6. The molecule has 1 aromatic carbocycles. The first kappa shape index (κ1) is 25.6. The van der Waals surface area contributed by atoms with Gasteiger partial charge in [-0.3, -0.25) is 0 Å². The van der Waals surface area contributed by atoms with E-state index in [0.717, 1.165) is 5.56 Å². The highest BCUT2D eigenvalue weighted by Gasteiger charge is 2.44. The van der Waals surface area contributed by atoms with Crippen molar-refractivity contribution in [2.24, 2.45) is 0 Å². The SMILES string of the molecule is CC.CC.CNc1cc(COC)ccc1OC1OC(CO)C(O)C(O)C1O. The van der Waals surface area contributed by atoms with Crippen molar-refractivity contribution < 1.29 is 34.6 Å². The number of aliphatic hydroxyl groups excluding tert-OH is 4. The molecule has 1 aromatic rings. The molecule has 27 heavy (non-hydrogen) atoms. The topological polar surface area (TPSA) is 121 Å². The highest BCUT2D eigenvalue weighted by atomic mass is 16.7. The Bertz CT molecular complexity index is 513. The van der Waals surface area contributed by atoms with E-state index in [1.54, 1.807) is 26.3 Å². The molecule has 1 heterocycles. The van der Waals surface area contributed by atoms with Gasteiger partial charge in [0.05, 0.1) is 18.9 Å². The third-order valence-electron chi connectivity index (χ3n) is 3.72. The van der Waals surface area contributed by atoms with Crippen LogP contribution in [0.2, 0.25) is 0 Å². The molecule has 158 valence electrons. The molecule has 0 aromatic heterocycles. The maximum atomic E-state index is 10.0. The summed E-state index contributed by atoms with van der Waals surface area (Å²) in [7, 11) is 3.31. The monoisotopic (exact) mass is 389 g/mol. The Labute approximate surface area is 161 Å². The average molecular weight is 389 g/mol. The van der Waals surface area contributed by atoms with Crippen molar-refractivity contribution in [3.05, 3.63) is 23.8 Å². The predicted molar refractivity (Wildman–Crippen MR) is 104 cm³/mol. The normalized spacial score (nSPS) is 26.8. The van der Waals surface area contributed by atoms with Crippen LogP contribution < -0.4 is 10.1 Å². The number of hydrogen-bond donors (Lipinski definition) is 5. The molecular formula is C19H35NO7. The van der Waals surface area contributed by atoms with Gasteiger partial charge in [-0.1, -0.05) is 33.8 Å². The molecule has 8 heteroatoms. The number of anilines is 1. The molecule has 1 aliphatic heterocycles. The van der Waals surface area contributed by atoms with Crippen molar-refractivity contribution >= 4 is 5.69 Å². The van der Waals surface area contributed by atoms with Gasteiger partial charge in [-0.2, -0.15) is 0 Å². The van der Waals surface area contributed by atoms with Crippen molar-refractivity contribution in [2.45, 2.75) is 65.0 Å². The molecule has 8 nitrogen and oxygen atoms in total. The van der Waals surface area contributed by atoms with Crippen molar-refractivity contribution in [1.29, 1.82) is 0 Å². The van der Waals surface area contributed by atoms with E-state index < -0.39 is 37.3 Å². The number of nitrogens with one attached hydrogen (secondary N) is 1. The summed E-state index contributed by atoms with van der Waals surface area (Å²) >= 11 is 0. The number of methoxy groups -OCH3 is 1. The van der Waals surface area contributed by atoms with Gasteiger partial charge in [-0.15, -0.1) is 0 Å². The molecule has 1 fully saturated rings. The summed E-state index contributed by atoms with van der Waals surface area (Å²) in [4.78, 5) is 0. The quantitative estimate of drug-likeness (QED) is 0.491. The zero-order chi connectivity index (χ0) is 21.0. The second-order valence-electron chi connectivity index (χ2n) is 5.33. The maximum absolute atomic E-state index is 10.0. The zero-order valence-corrected chi connectivity index (χ0v) is 17.0. The lowest BCUT2D eigenvalue weighted by Gasteiger charge is -2.39. The van der Waals surface area contributed by atoms with Crippen molar-refractivity contribution in [3.63, 3.8) is 0 Å². The minimum atomic E-state index is -1.48. The van der Waals surface area contributed by atoms with E-state index in [0.29, 0.717) is 18.0 Å². The van der Waals surface area contributed by atoms with Gasteiger partial charge < -0.3 is 40.0 Å². The third kappa shape index (κ3) is 6.91. The summed E-state index contributed by atoms with van der Waals surface area (Å²) in [6.45, 7) is 7.94. The lowest BCUT2D eigenvalue weighted by atomic mass is 9.99. The van der Waals surface area contributed by atoms with Crippen LogP contribution in [-0.2, 0) is 16.1 Å². The molecule has 1 saturated heterocycles. The smallest absolute Gasteiger partial charge is 0.229 e. The summed E-state index contributed by atoms with van der Waals surface area (Å²) in [6, 6.07) is 5.30. The molecule has 2 rings (SSSR count). The van der Waals surface area contributed by atoms with Crippen molar-refractivity contribution in [3.8, 4) is 5.75 Å². The Balaban J connectivity index is 0.00000158. The van der Waals surface area contributed by atoms with Gasteiger partial charge >= 0.3 is 0 Å². The molecule has 0 radical (unpaired) electrons. The number of ether oxygens (including phenoxy) is 3. The van der Waals surface area contributed by atoms with Crippen LogP contribution in [0.5, 0.6) is 5.75 Å². The molecule has 0 spiro atoms. The van der Waals surface area contributed by atoms with Gasteiger partial charge in [0.1, 0.15) is 30.2 Å². The van der Waals surface area contributed by atoms with Crippen molar-refractivity contribution in [1.82, 2.24) is 0 Å². The minimum Gasteiger partial charge on any atom is -0.460 e. The number of aliphatic hydroxyl groups is 4. The van der Waals surface area contributed by atoms with Gasteiger partial charge in [-0.05, 0) is 17.7 Å². The molecule has 1 aliphatic rings. The molecule has 0 aliphatic carbocycles. The fourth-order valence-corrected chi connectivity index (χ4v) is 2.42. The van der Waals surface area contributed by atoms with Crippen LogP contribution in [0.3, 0.4) is 0 Å². The van der Waals surface area contributed by atoms with E-state index in [2.05, 4.69) is 5.32 Å². The number of hydrogen-bond acceptors (Lipinski definition) is 8. The standard InChI is InChI=1S/C15H23NO7.2C2H6/c1-16-9-5-8(7-21-2)3-4-10(9)22-15-14(20)13(19)12(18)11(6-17)23-15;2*1-2/h3-5,11-20H,6-7H2,1-2H3;2*1-2H3. The highest BCUT2D eigenvalue weighted by Crippen LogP contribution is 2.30. The summed E-state index contributed by atoms with van der Waals surface area (Å²) in [5.41, 5.74) is 1.58. The molecule has 5 N–H and O–H groups in total. The maximum Gasteiger partial charge on any atom is 0.229 e. The van der Waals surface area contributed by atoms with E-state index in [-0.39, 0.29) is 0 Å². The molecule has 0 bridgehead atoms. The second kappa shape index (κ2) is 13.7. The van der Waals surface area contributed by atoms with E-state index in [4.69, 9.17) is 14.2 Å². The van der Waals surface area contributed by atoms with Crippen LogP contribution >= 0.6 is 0 Å². The van der Waals surface area contributed by atoms with Gasteiger partial charge in [0.15, 0.2) is 0 Å². The van der Waals surface area contributed by atoms with Gasteiger partial charge in [0, 0.05) is 14.2 Å². The van der Waals surface area contributed by atoms with Gasteiger partial charge in [0.2, 0.25) is 6.29 Å². The Hall–Kier alpha value is -1.42. The molecule has 0 saturated carbocycles. The van der Waals surface area contributed by atoms with E-state index in [9.17, 15) is 20.4 Å².